The second-order valence-corrected chi connectivity index (χ2v) is 3.74. The first kappa shape index (κ1) is 14.0. The number of hydrogen-bond donors (Lipinski definition) is 2. The van der Waals surface area contributed by atoms with Crippen LogP contribution in [0.25, 0.3) is 0 Å². The molecule has 0 spiro atoms. The fourth-order valence-electron chi connectivity index (χ4n) is 1.36. The molecule has 0 saturated carbocycles. The minimum atomic E-state index is -1.07. The van der Waals surface area contributed by atoms with Gasteiger partial charge in [0.05, 0.1) is 13.2 Å². The quantitative estimate of drug-likeness (QED) is 0.756. The van der Waals surface area contributed by atoms with Gasteiger partial charge in [-0.1, -0.05) is 19.8 Å². The molecule has 18 heavy (non-hydrogen) atoms. The number of carbonyl (C=O) groups is 2. The Morgan fingerprint density at radius 3 is 2.83 bits per heavy atom. The monoisotopic (exact) mass is 256 g/mol. The van der Waals surface area contributed by atoms with E-state index in [1.165, 1.54) is 13.2 Å². The highest BCUT2D eigenvalue weighted by atomic mass is 16.5. The van der Waals surface area contributed by atoms with Crippen LogP contribution in [0.15, 0.2) is 10.6 Å². The minimum Gasteiger partial charge on any atom is -0.480 e. The van der Waals surface area contributed by atoms with Crippen LogP contribution in [0, 0.1) is 0 Å². The van der Waals surface area contributed by atoms with E-state index in [-0.39, 0.29) is 11.6 Å². The van der Waals surface area contributed by atoms with Crippen molar-refractivity contribution in [1.29, 1.82) is 0 Å². The predicted molar refractivity (Wildman–Crippen MR) is 61.5 cm³/mol. The standard InChI is InChI=1S/C11H16N2O5/c1-3-4-5-7(11(15)16)12-10(14)8-6-9(17-2)13-18-8/h6-7H,3-5H2,1-2H3,(H,12,14)(H,15,16). The molecule has 0 aliphatic carbocycles. The minimum absolute atomic E-state index is 0.0744. The highest BCUT2D eigenvalue weighted by Crippen LogP contribution is 2.11. The first-order chi connectivity index (χ1) is 8.58. The number of aliphatic carboxylic acids is 1. The van der Waals surface area contributed by atoms with E-state index in [1.54, 1.807) is 0 Å². The zero-order valence-electron chi connectivity index (χ0n) is 10.3. The van der Waals surface area contributed by atoms with Crippen LogP contribution in [-0.2, 0) is 4.79 Å². The summed E-state index contributed by atoms with van der Waals surface area (Å²) in [6, 6.07) is 0.377. The van der Waals surface area contributed by atoms with Gasteiger partial charge in [0.15, 0.2) is 0 Å². The molecule has 0 aromatic carbocycles. The van der Waals surface area contributed by atoms with Gasteiger partial charge < -0.3 is 19.7 Å². The number of methoxy groups -OCH3 is 1. The normalized spacial score (nSPS) is 11.9. The van der Waals surface area contributed by atoms with E-state index in [2.05, 4.69) is 10.5 Å². The Morgan fingerprint density at radius 2 is 2.33 bits per heavy atom. The van der Waals surface area contributed by atoms with Crippen LogP contribution in [0.3, 0.4) is 0 Å². The molecule has 0 aliphatic rings. The van der Waals surface area contributed by atoms with E-state index < -0.39 is 17.9 Å². The third-order valence-corrected chi connectivity index (χ3v) is 2.37. The first-order valence-electron chi connectivity index (χ1n) is 5.62. The van der Waals surface area contributed by atoms with Gasteiger partial charge in [-0.25, -0.2) is 4.79 Å². The molecule has 1 aromatic heterocycles. The third-order valence-electron chi connectivity index (χ3n) is 2.37. The van der Waals surface area contributed by atoms with E-state index in [4.69, 9.17) is 14.4 Å². The number of carboxylic acid groups (broad SMARTS) is 1. The lowest BCUT2D eigenvalue weighted by Crippen LogP contribution is -2.40. The molecule has 1 rings (SSSR count). The number of amides is 1. The lowest BCUT2D eigenvalue weighted by atomic mass is 10.1. The average Bonchev–Trinajstić information content (AvgIpc) is 2.82. The van der Waals surface area contributed by atoms with Gasteiger partial charge >= 0.3 is 5.97 Å². The molecule has 0 aliphatic heterocycles. The van der Waals surface area contributed by atoms with Crippen LogP contribution in [0.4, 0.5) is 0 Å². The Kier molecular flexibility index (Phi) is 5.16. The Labute approximate surface area is 104 Å². The highest BCUT2D eigenvalue weighted by Gasteiger charge is 2.22. The number of ether oxygens (including phenoxy) is 1. The number of hydrogen-bond acceptors (Lipinski definition) is 5. The number of unbranched alkanes of at least 4 members (excludes halogenated alkanes) is 1. The van der Waals surface area contributed by atoms with Gasteiger partial charge in [0.25, 0.3) is 11.8 Å². The SMILES string of the molecule is CCCCC(NC(=O)c1cc(OC)no1)C(=O)O. The molecule has 7 nitrogen and oxygen atoms in total. The molecule has 7 heteroatoms. The van der Waals surface area contributed by atoms with E-state index in [0.29, 0.717) is 6.42 Å². The summed E-state index contributed by atoms with van der Waals surface area (Å²) in [6.45, 7) is 1.95. The topological polar surface area (TPSA) is 102 Å². The van der Waals surface area contributed by atoms with Crippen LogP contribution in [-0.4, -0.2) is 35.3 Å². The van der Waals surface area contributed by atoms with Gasteiger partial charge in [0, 0.05) is 0 Å². The largest absolute Gasteiger partial charge is 0.480 e. The molecule has 0 fully saturated rings. The second kappa shape index (κ2) is 6.63. The van der Waals surface area contributed by atoms with Crippen molar-refractivity contribution in [2.24, 2.45) is 0 Å². The fraction of sp³-hybridized carbons (Fsp3) is 0.545. The Balaban J connectivity index is 2.62. The molecule has 0 saturated heterocycles. The number of aromatic nitrogens is 1. The molecule has 0 radical (unpaired) electrons. The Morgan fingerprint density at radius 1 is 1.61 bits per heavy atom. The second-order valence-electron chi connectivity index (χ2n) is 3.74. The Hall–Kier alpha value is -2.05. The molecule has 1 amide bonds. The van der Waals surface area contributed by atoms with E-state index in [9.17, 15) is 9.59 Å². The van der Waals surface area contributed by atoms with E-state index in [0.717, 1.165) is 12.8 Å². The fourth-order valence-corrected chi connectivity index (χ4v) is 1.36. The third kappa shape index (κ3) is 3.76. The molecule has 1 atom stereocenters. The van der Waals surface area contributed by atoms with Gasteiger partial charge in [0.1, 0.15) is 6.04 Å². The first-order valence-corrected chi connectivity index (χ1v) is 5.62. The number of carboxylic acids is 1. The Bertz CT molecular complexity index is 415. The summed E-state index contributed by atoms with van der Waals surface area (Å²) in [5.74, 6) is -1.59. The summed E-state index contributed by atoms with van der Waals surface area (Å²) in [4.78, 5) is 22.6. The molecule has 0 bridgehead atoms. The molecular formula is C11H16N2O5. The summed E-state index contributed by atoms with van der Waals surface area (Å²) >= 11 is 0. The van der Waals surface area contributed by atoms with E-state index >= 15 is 0 Å². The van der Waals surface area contributed by atoms with Crippen molar-refractivity contribution in [3.05, 3.63) is 11.8 Å². The molecule has 100 valence electrons. The van der Waals surface area contributed by atoms with Gasteiger partial charge in [0.2, 0.25) is 5.76 Å². The van der Waals surface area contributed by atoms with Gasteiger partial charge in [-0.15, -0.1) is 0 Å². The summed E-state index contributed by atoms with van der Waals surface area (Å²) in [5, 5.41) is 14.8. The van der Waals surface area contributed by atoms with Crippen LogP contribution in [0.5, 0.6) is 5.88 Å². The number of nitrogens with zero attached hydrogens (tertiary/aromatic N) is 1. The van der Waals surface area contributed by atoms with Crippen LogP contribution >= 0.6 is 0 Å². The smallest absolute Gasteiger partial charge is 0.326 e. The van der Waals surface area contributed by atoms with Crippen LogP contribution in [0.2, 0.25) is 0 Å². The van der Waals surface area contributed by atoms with Crippen LogP contribution < -0.4 is 10.1 Å². The lowest BCUT2D eigenvalue weighted by Gasteiger charge is -2.12. The van der Waals surface area contributed by atoms with Crippen LogP contribution in [0.1, 0.15) is 36.7 Å². The van der Waals surface area contributed by atoms with Crippen molar-refractivity contribution >= 4 is 11.9 Å². The molecule has 1 aromatic rings. The lowest BCUT2D eigenvalue weighted by molar-refractivity contribution is -0.139. The van der Waals surface area contributed by atoms with Crippen molar-refractivity contribution in [2.45, 2.75) is 32.2 Å². The maximum atomic E-state index is 11.7. The average molecular weight is 256 g/mol. The number of carbonyl (C=O) groups excluding carboxylic acids is 1. The van der Waals surface area contributed by atoms with Crippen molar-refractivity contribution in [1.82, 2.24) is 10.5 Å². The van der Waals surface area contributed by atoms with Crippen molar-refractivity contribution in [2.75, 3.05) is 7.11 Å². The van der Waals surface area contributed by atoms with Crippen molar-refractivity contribution in [3.63, 3.8) is 0 Å². The maximum absolute atomic E-state index is 11.7. The summed E-state index contributed by atoms with van der Waals surface area (Å²) in [6.07, 6.45) is 1.95. The van der Waals surface area contributed by atoms with E-state index in [1.807, 2.05) is 6.92 Å². The zero-order valence-corrected chi connectivity index (χ0v) is 10.3. The molecular weight excluding hydrogens is 240 g/mol. The molecule has 2 N–H and O–H groups in total. The number of rotatable bonds is 7. The van der Waals surface area contributed by atoms with Crippen molar-refractivity contribution in [3.8, 4) is 5.88 Å². The van der Waals surface area contributed by atoms with Gasteiger partial charge in [-0.3, -0.25) is 4.79 Å². The zero-order chi connectivity index (χ0) is 13.5. The summed E-state index contributed by atoms with van der Waals surface area (Å²) in [7, 11) is 1.39. The van der Waals surface area contributed by atoms with Gasteiger partial charge in [-0.2, -0.15) is 0 Å². The van der Waals surface area contributed by atoms with Gasteiger partial charge in [-0.05, 0) is 11.6 Å². The summed E-state index contributed by atoms with van der Waals surface area (Å²) in [5.41, 5.74) is 0. The maximum Gasteiger partial charge on any atom is 0.326 e. The molecule has 1 unspecified atom stereocenters. The molecule has 1 heterocycles. The number of nitrogens with one attached hydrogen (secondary N) is 1. The highest BCUT2D eigenvalue weighted by molar-refractivity contribution is 5.94. The predicted octanol–water partition coefficient (Wildman–Crippen LogP) is 1.06. The summed E-state index contributed by atoms with van der Waals surface area (Å²) < 4.78 is 9.48. The van der Waals surface area contributed by atoms with Crippen molar-refractivity contribution < 1.29 is 24.0 Å².